The number of ether oxygens (including phenoxy) is 2. The van der Waals surface area contributed by atoms with Crippen molar-refractivity contribution in [3.63, 3.8) is 0 Å². The highest BCUT2D eigenvalue weighted by Crippen LogP contribution is 2.27. The minimum Gasteiger partial charge on any atom is -0.497 e. The van der Waals surface area contributed by atoms with Gasteiger partial charge in [0.05, 0.1) is 29.9 Å². The van der Waals surface area contributed by atoms with Crippen molar-refractivity contribution in [2.45, 2.75) is 26.1 Å². The van der Waals surface area contributed by atoms with Gasteiger partial charge < -0.3 is 14.4 Å². The van der Waals surface area contributed by atoms with Crippen molar-refractivity contribution >= 4 is 17.2 Å². The molecule has 0 N–H and O–H groups in total. The molecule has 0 radical (unpaired) electrons. The molecule has 1 aliphatic rings. The van der Waals surface area contributed by atoms with Crippen LogP contribution in [0.25, 0.3) is 16.3 Å². The highest BCUT2D eigenvalue weighted by atomic mass is 32.1. The molecule has 1 saturated heterocycles. The number of hydrogen-bond acceptors (Lipinski definition) is 5. The van der Waals surface area contributed by atoms with Crippen molar-refractivity contribution in [2.24, 2.45) is 0 Å². The maximum atomic E-state index is 13.4. The number of methoxy groups -OCH3 is 1. The number of rotatable bonds is 4. The molecule has 146 valence electrons. The van der Waals surface area contributed by atoms with E-state index in [9.17, 15) is 4.79 Å². The number of morpholine rings is 1. The zero-order chi connectivity index (χ0) is 19.7. The molecule has 0 saturated carbocycles. The lowest BCUT2D eigenvalue weighted by Gasteiger charge is -2.35. The average molecular weight is 398 g/mol. The summed E-state index contributed by atoms with van der Waals surface area (Å²) in [4.78, 5) is 16.3. The van der Waals surface area contributed by atoms with Gasteiger partial charge in [-0.2, -0.15) is 5.10 Å². The largest absolute Gasteiger partial charge is 0.497 e. The molecule has 0 bridgehead atoms. The summed E-state index contributed by atoms with van der Waals surface area (Å²) in [5, 5.41) is 6.75. The van der Waals surface area contributed by atoms with Crippen LogP contribution in [0.15, 0.2) is 47.8 Å². The Hall–Kier alpha value is -2.64. The van der Waals surface area contributed by atoms with Gasteiger partial charge in [0.15, 0.2) is 0 Å². The lowest BCUT2D eigenvalue weighted by Crippen LogP contribution is -2.48. The van der Waals surface area contributed by atoms with Gasteiger partial charge in [0.25, 0.3) is 5.91 Å². The Labute approximate surface area is 168 Å². The van der Waals surface area contributed by atoms with Crippen LogP contribution in [0.5, 0.6) is 5.75 Å². The lowest BCUT2D eigenvalue weighted by molar-refractivity contribution is -0.0588. The Morgan fingerprint density at radius 2 is 1.89 bits per heavy atom. The van der Waals surface area contributed by atoms with E-state index in [0.717, 1.165) is 22.0 Å². The lowest BCUT2D eigenvalue weighted by atomic mass is 10.2. The average Bonchev–Trinajstić information content (AvgIpc) is 3.36. The molecule has 2 unspecified atom stereocenters. The first-order valence-corrected chi connectivity index (χ1v) is 10.2. The fourth-order valence-electron chi connectivity index (χ4n) is 3.50. The number of aromatic nitrogens is 2. The molecular formula is C21H23N3O3S. The van der Waals surface area contributed by atoms with Crippen molar-refractivity contribution in [1.82, 2.24) is 14.7 Å². The third kappa shape index (κ3) is 3.68. The third-order valence-corrected chi connectivity index (χ3v) is 5.62. The first kappa shape index (κ1) is 18.7. The van der Waals surface area contributed by atoms with Gasteiger partial charge in [-0.3, -0.25) is 4.79 Å². The number of hydrogen-bond donors (Lipinski definition) is 0. The van der Waals surface area contributed by atoms with Gasteiger partial charge in [0, 0.05) is 13.1 Å². The monoisotopic (exact) mass is 397 g/mol. The summed E-state index contributed by atoms with van der Waals surface area (Å²) in [7, 11) is 1.63. The Morgan fingerprint density at radius 3 is 2.50 bits per heavy atom. The van der Waals surface area contributed by atoms with Crippen molar-refractivity contribution in [1.29, 1.82) is 0 Å². The van der Waals surface area contributed by atoms with E-state index in [2.05, 4.69) is 0 Å². The highest BCUT2D eigenvalue weighted by Gasteiger charge is 2.29. The first-order valence-electron chi connectivity index (χ1n) is 9.28. The highest BCUT2D eigenvalue weighted by molar-refractivity contribution is 7.13. The summed E-state index contributed by atoms with van der Waals surface area (Å²) < 4.78 is 12.8. The molecule has 1 amide bonds. The second-order valence-electron chi connectivity index (χ2n) is 6.97. The van der Waals surface area contributed by atoms with Crippen LogP contribution in [0, 0.1) is 0 Å². The molecule has 6 nitrogen and oxygen atoms in total. The SMILES string of the molecule is COc1ccc(-n2nc(-c3cccs3)cc2C(=O)N2CC(C)OC(C)C2)cc1. The quantitative estimate of drug-likeness (QED) is 0.671. The molecule has 4 rings (SSSR count). The summed E-state index contributed by atoms with van der Waals surface area (Å²) in [5.41, 5.74) is 2.17. The number of carbonyl (C=O) groups excluding carboxylic acids is 1. The summed E-state index contributed by atoms with van der Waals surface area (Å²) in [6, 6.07) is 13.4. The Bertz CT molecular complexity index is 940. The summed E-state index contributed by atoms with van der Waals surface area (Å²) >= 11 is 1.61. The summed E-state index contributed by atoms with van der Waals surface area (Å²) in [6.07, 6.45) is 0.0312. The predicted molar refractivity (Wildman–Crippen MR) is 109 cm³/mol. The van der Waals surface area contributed by atoms with Crippen LogP contribution < -0.4 is 4.74 Å². The van der Waals surface area contributed by atoms with E-state index in [1.54, 1.807) is 23.1 Å². The normalized spacial score (nSPS) is 19.6. The molecule has 0 aliphatic carbocycles. The van der Waals surface area contributed by atoms with Gasteiger partial charge in [-0.15, -0.1) is 11.3 Å². The fourth-order valence-corrected chi connectivity index (χ4v) is 4.19. The molecule has 28 heavy (non-hydrogen) atoms. The minimum atomic E-state index is -0.0341. The molecular weight excluding hydrogens is 374 g/mol. The third-order valence-electron chi connectivity index (χ3n) is 4.73. The van der Waals surface area contributed by atoms with E-state index in [4.69, 9.17) is 14.6 Å². The van der Waals surface area contributed by atoms with Crippen LogP contribution in [-0.4, -0.2) is 53.0 Å². The van der Waals surface area contributed by atoms with E-state index in [-0.39, 0.29) is 18.1 Å². The number of thiophene rings is 1. The van der Waals surface area contributed by atoms with Crippen molar-refractivity contribution < 1.29 is 14.3 Å². The zero-order valence-corrected chi connectivity index (χ0v) is 17.0. The molecule has 1 aromatic carbocycles. The Kier molecular flexibility index (Phi) is 5.19. The standard InChI is InChI=1S/C21H23N3O3S/c1-14-12-23(13-15(2)27-14)21(25)19-11-18(20-5-4-10-28-20)22-24(19)16-6-8-17(26-3)9-7-16/h4-11,14-15H,12-13H2,1-3H3. The predicted octanol–water partition coefficient (Wildman–Crippen LogP) is 3.86. The van der Waals surface area contributed by atoms with Crippen molar-refractivity contribution in [2.75, 3.05) is 20.2 Å². The molecule has 2 atom stereocenters. The maximum absolute atomic E-state index is 13.4. The van der Waals surface area contributed by atoms with Crippen LogP contribution in [0.2, 0.25) is 0 Å². The maximum Gasteiger partial charge on any atom is 0.272 e. The Balaban J connectivity index is 1.74. The smallest absolute Gasteiger partial charge is 0.272 e. The van der Waals surface area contributed by atoms with Crippen LogP contribution in [0.3, 0.4) is 0 Å². The van der Waals surface area contributed by atoms with Gasteiger partial charge in [0.1, 0.15) is 17.1 Å². The fraction of sp³-hybridized carbons (Fsp3) is 0.333. The molecule has 3 aromatic rings. The van der Waals surface area contributed by atoms with Gasteiger partial charge in [-0.1, -0.05) is 6.07 Å². The summed E-state index contributed by atoms with van der Waals surface area (Å²) in [5.74, 6) is 0.728. The van der Waals surface area contributed by atoms with Gasteiger partial charge >= 0.3 is 0 Å². The van der Waals surface area contributed by atoms with Crippen LogP contribution in [0.4, 0.5) is 0 Å². The van der Waals surface area contributed by atoms with Crippen molar-refractivity contribution in [3.05, 3.63) is 53.5 Å². The second kappa shape index (κ2) is 7.77. The zero-order valence-electron chi connectivity index (χ0n) is 16.2. The van der Waals surface area contributed by atoms with E-state index in [1.807, 2.05) is 66.6 Å². The first-order chi connectivity index (χ1) is 13.5. The topological polar surface area (TPSA) is 56.6 Å². The minimum absolute atomic E-state index is 0.0156. The molecule has 2 aromatic heterocycles. The van der Waals surface area contributed by atoms with Gasteiger partial charge in [-0.05, 0) is 55.6 Å². The number of nitrogens with zero attached hydrogens (tertiary/aromatic N) is 3. The van der Waals surface area contributed by atoms with Gasteiger partial charge in [0.2, 0.25) is 0 Å². The van der Waals surface area contributed by atoms with Crippen LogP contribution in [-0.2, 0) is 4.74 Å². The molecule has 7 heteroatoms. The summed E-state index contributed by atoms with van der Waals surface area (Å²) in [6.45, 7) is 5.14. The van der Waals surface area contributed by atoms with E-state index < -0.39 is 0 Å². The number of benzene rings is 1. The molecule has 1 aliphatic heterocycles. The number of carbonyl (C=O) groups is 1. The van der Waals surface area contributed by atoms with E-state index in [0.29, 0.717) is 18.8 Å². The van der Waals surface area contributed by atoms with Crippen LogP contribution in [0.1, 0.15) is 24.3 Å². The second-order valence-corrected chi connectivity index (χ2v) is 7.92. The molecule has 3 heterocycles. The Morgan fingerprint density at radius 1 is 1.18 bits per heavy atom. The van der Waals surface area contributed by atoms with Crippen molar-refractivity contribution in [3.8, 4) is 22.0 Å². The number of amides is 1. The van der Waals surface area contributed by atoms with Crippen LogP contribution >= 0.6 is 11.3 Å². The van der Waals surface area contributed by atoms with E-state index >= 15 is 0 Å². The van der Waals surface area contributed by atoms with E-state index in [1.165, 1.54) is 0 Å². The molecule has 1 fully saturated rings. The molecule has 0 spiro atoms. The van der Waals surface area contributed by atoms with Gasteiger partial charge in [-0.25, -0.2) is 4.68 Å².